The van der Waals surface area contributed by atoms with Crippen molar-refractivity contribution in [3.63, 3.8) is 0 Å². The molecule has 21 heavy (non-hydrogen) atoms. The lowest BCUT2D eigenvalue weighted by Gasteiger charge is -2.14. The second-order valence-electron chi connectivity index (χ2n) is 4.85. The SMILES string of the molecule is COC[C@H](C)Nc1nc(C)nc2sc(C(=O)OC)c(C)c12. The number of anilines is 1. The molecule has 0 saturated heterocycles. The first-order valence-electron chi connectivity index (χ1n) is 6.59. The largest absolute Gasteiger partial charge is 0.465 e. The fourth-order valence-electron chi connectivity index (χ4n) is 2.16. The molecule has 2 aromatic rings. The Labute approximate surface area is 127 Å². The molecule has 0 aliphatic rings. The molecule has 0 radical (unpaired) electrons. The van der Waals surface area contributed by atoms with Crippen molar-refractivity contribution in [2.45, 2.75) is 26.8 Å². The molecule has 0 bridgehead atoms. The number of ether oxygens (including phenoxy) is 2. The topological polar surface area (TPSA) is 73.3 Å². The van der Waals surface area contributed by atoms with Crippen LogP contribution in [-0.4, -0.2) is 42.8 Å². The van der Waals surface area contributed by atoms with Gasteiger partial charge in [0.2, 0.25) is 0 Å². The summed E-state index contributed by atoms with van der Waals surface area (Å²) in [5.74, 6) is 1.04. The maximum absolute atomic E-state index is 11.8. The van der Waals surface area contributed by atoms with E-state index in [0.717, 1.165) is 21.6 Å². The number of esters is 1. The summed E-state index contributed by atoms with van der Waals surface area (Å²) in [5.41, 5.74) is 0.842. The van der Waals surface area contributed by atoms with Crippen molar-refractivity contribution >= 4 is 33.3 Å². The number of nitrogens with one attached hydrogen (secondary N) is 1. The molecule has 0 fully saturated rings. The first-order chi connectivity index (χ1) is 9.97. The van der Waals surface area contributed by atoms with Gasteiger partial charge in [-0.2, -0.15) is 0 Å². The highest BCUT2D eigenvalue weighted by atomic mass is 32.1. The monoisotopic (exact) mass is 309 g/mol. The number of carbonyl (C=O) groups is 1. The number of rotatable bonds is 5. The molecule has 0 aliphatic carbocycles. The quantitative estimate of drug-likeness (QED) is 0.856. The van der Waals surface area contributed by atoms with Gasteiger partial charge in [-0.15, -0.1) is 11.3 Å². The first kappa shape index (κ1) is 15.7. The Kier molecular flexibility index (Phi) is 4.74. The standard InChI is InChI=1S/C14H19N3O3S/c1-7(6-19-4)15-12-10-8(2)11(14(18)20-5)21-13(10)17-9(3)16-12/h7H,6H2,1-5H3,(H,15,16,17)/t7-/m0/s1. The summed E-state index contributed by atoms with van der Waals surface area (Å²) in [6, 6.07) is 0.105. The lowest BCUT2D eigenvalue weighted by Crippen LogP contribution is -2.22. The van der Waals surface area contributed by atoms with Crippen LogP contribution >= 0.6 is 11.3 Å². The smallest absolute Gasteiger partial charge is 0.348 e. The highest BCUT2D eigenvalue weighted by molar-refractivity contribution is 7.20. The summed E-state index contributed by atoms with van der Waals surface area (Å²) in [7, 11) is 3.03. The van der Waals surface area contributed by atoms with Crippen molar-refractivity contribution in [1.82, 2.24) is 9.97 Å². The van der Waals surface area contributed by atoms with Gasteiger partial charge in [0.05, 0.1) is 19.1 Å². The zero-order chi connectivity index (χ0) is 15.6. The summed E-state index contributed by atoms with van der Waals surface area (Å²) in [6.45, 7) is 6.29. The van der Waals surface area contributed by atoms with Crippen LogP contribution in [0.4, 0.5) is 5.82 Å². The molecule has 0 aromatic carbocycles. The molecule has 1 atom stereocenters. The second-order valence-corrected chi connectivity index (χ2v) is 5.85. The van der Waals surface area contributed by atoms with Crippen molar-refractivity contribution in [2.24, 2.45) is 0 Å². The third kappa shape index (κ3) is 3.14. The highest BCUT2D eigenvalue weighted by Gasteiger charge is 2.21. The van der Waals surface area contributed by atoms with Gasteiger partial charge in [-0.25, -0.2) is 14.8 Å². The minimum absolute atomic E-state index is 0.105. The molecule has 114 valence electrons. The predicted octanol–water partition coefficient (Wildman–Crippen LogP) is 2.54. The number of aromatic nitrogens is 2. The van der Waals surface area contributed by atoms with Gasteiger partial charge in [0, 0.05) is 13.2 Å². The lowest BCUT2D eigenvalue weighted by atomic mass is 10.2. The van der Waals surface area contributed by atoms with E-state index in [2.05, 4.69) is 15.3 Å². The zero-order valence-corrected chi connectivity index (χ0v) is 13.6. The maximum atomic E-state index is 11.8. The molecule has 0 spiro atoms. The summed E-state index contributed by atoms with van der Waals surface area (Å²) < 4.78 is 9.95. The third-order valence-corrected chi connectivity index (χ3v) is 4.24. The predicted molar refractivity (Wildman–Crippen MR) is 83.2 cm³/mol. The number of carbonyl (C=O) groups excluding carboxylic acids is 1. The molecular formula is C14H19N3O3S. The van der Waals surface area contributed by atoms with Gasteiger partial charge in [0.1, 0.15) is 21.3 Å². The Morgan fingerprint density at radius 2 is 2.05 bits per heavy atom. The molecule has 0 aliphatic heterocycles. The van der Waals surface area contributed by atoms with Gasteiger partial charge in [0.25, 0.3) is 0 Å². The molecule has 1 N–H and O–H groups in total. The van der Waals surface area contributed by atoms with E-state index in [9.17, 15) is 4.79 Å². The molecule has 2 rings (SSSR count). The lowest BCUT2D eigenvalue weighted by molar-refractivity contribution is 0.0605. The number of hydrogen-bond acceptors (Lipinski definition) is 7. The Balaban J connectivity index is 2.54. The van der Waals surface area contributed by atoms with E-state index in [1.807, 2.05) is 20.8 Å². The van der Waals surface area contributed by atoms with Crippen molar-refractivity contribution in [3.8, 4) is 0 Å². The van der Waals surface area contributed by atoms with Gasteiger partial charge in [-0.05, 0) is 26.3 Å². The second kappa shape index (κ2) is 6.36. The maximum Gasteiger partial charge on any atom is 0.348 e. The number of aryl methyl sites for hydroxylation is 2. The van der Waals surface area contributed by atoms with Crippen LogP contribution in [0.1, 0.15) is 28.0 Å². The first-order valence-corrected chi connectivity index (χ1v) is 7.41. The van der Waals surface area contributed by atoms with Crippen molar-refractivity contribution in [1.29, 1.82) is 0 Å². The Morgan fingerprint density at radius 1 is 1.33 bits per heavy atom. The van der Waals surface area contributed by atoms with E-state index in [0.29, 0.717) is 17.3 Å². The van der Waals surface area contributed by atoms with Gasteiger partial charge in [-0.3, -0.25) is 0 Å². The van der Waals surface area contributed by atoms with Gasteiger partial charge < -0.3 is 14.8 Å². The summed E-state index contributed by atoms with van der Waals surface area (Å²) >= 11 is 1.33. The number of thiophene rings is 1. The Hall–Kier alpha value is -1.73. The average molecular weight is 309 g/mol. The van der Waals surface area contributed by atoms with Crippen LogP contribution in [0, 0.1) is 13.8 Å². The van der Waals surface area contributed by atoms with Crippen LogP contribution in [0.25, 0.3) is 10.2 Å². The van der Waals surface area contributed by atoms with Crippen LogP contribution in [0.2, 0.25) is 0 Å². The number of nitrogens with zero attached hydrogens (tertiary/aromatic N) is 2. The van der Waals surface area contributed by atoms with Crippen LogP contribution in [0.5, 0.6) is 0 Å². The Morgan fingerprint density at radius 3 is 2.67 bits per heavy atom. The zero-order valence-electron chi connectivity index (χ0n) is 12.8. The van der Waals surface area contributed by atoms with Crippen molar-refractivity contribution in [3.05, 3.63) is 16.3 Å². The van der Waals surface area contributed by atoms with Gasteiger partial charge in [-0.1, -0.05) is 0 Å². The van der Waals surface area contributed by atoms with Gasteiger partial charge in [0.15, 0.2) is 0 Å². The van der Waals surface area contributed by atoms with Crippen molar-refractivity contribution in [2.75, 3.05) is 26.1 Å². The minimum Gasteiger partial charge on any atom is -0.465 e. The summed E-state index contributed by atoms with van der Waals surface area (Å²) in [5, 5.41) is 4.19. The third-order valence-electron chi connectivity index (χ3n) is 3.07. The number of fused-ring (bicyclic) bond motifs is 1. The fraction of sp³-hybridized carbons (Fsp3) is 0.500. The van der Waals surface area contributed by atoms with E-state index < -0.39 is 0 Å². The molecule has 7 heteroatoms. The number of methoxy groups -OCH3 is 2. The number of hydrogen-bond donors (Lipinski definition) is 1. The molecule has 0 saturated carbocycles. The van der Waals surface area contributed by atoms with E-state index in [4.69, 9.17) is 9.47 Å². The van der Waals surface area contributed by atoms with E-state index in [1.165, 1.54) is 18.4 Å². The molecule has 0 amide bonds. The van der Waals surface area contributed by atoms with Crippen LogP contribution < -0.4 is 5.32 Å². The van der Waals surface area contributed by atoms with Gasteiger partial charge >= 0.3 is 5.97 Å². The Bertz CT molecular complexity index is 669. The molecule has 6 nitrogen and oxygen atoms in total. The fourth-order valence-corrected chi connectivity index (χ4v) is 3.31. The van der Waals surface area contributed by atoms with E-state index in [1.54, 1.807) is 7.11 Å². The minimum atomic E-state index is -0.343. The van der Waals surface area contributed by atoms with E-state index >= 15 is 0 Å². The average Bonchev–Trinajstić information content (AvgIpc) is 2.75. The molecule has 2 heterocycles. The summed E-state index contributed by atoms with van der Waals surface area (Å²) in [4.78, 5) is 22.0. The molecule has 2 aromatic heterocycles. The molecular weight excluding hydrogens is 290 g/mol. The summed E-state index contributed by atoms with van der Waals surface area (Å²) in [6.07, 6.45) is 0. The van der Waals surface area contributed by atoms with Crippen LogP contribution in [0.15, 0.2) is 0 Å². The van der Waals surface area contributed by atoms with Crippen LogP contribution in [-0.2, 0) is 9.47 Å². The highest BCUT2D eigenvalue weighted by Crippen LogP contribution is 2.34. The van der Waals surface area contributed by atoms with E-state index in [-0.39, 0.29) is 12.0 Å². The van der Waals surface area contributed by atoms with Crippen molar-refractivity contribution < 1.29 is 14.3 Å². The van der Waals surface area contributed by atoms with Crippen LogP contribution in [0.3, 0.4) is 0 Å². The molecule has 0 unspecified atom stereocenters. The normalized spacial score (nSPS) is 12.4.